The first-order valence-electron chi connectivity index (χ1n) is 5.81. The Morgan fingerprint density at radius 1 is 1.31 bits per heavy atom. The molecule has 0 aliphatic rings. The van der Waals surface area contributed by atoms with E-state index in [4.69, 9.17) is 0 Å². The van der Waals surface area contributed by atoms with Crippen LogP contribution in [-0.4, -0.2) is 5.78 Å². The molecule has 0 atom stereocenters. The van der Waals surface area contributed by atoms with Crippen molar-refractivity contribution in [3.8, 4) is 0 Å². The first kappa shape index (κ1) is 12.7. The lowest BCUT2D eigenvalue weighted by molar-refractivity contribution is -0.116. The SMILES string of the molecule is C=C(CCC(C)=O)c1ccc(C)c(CC)c1. The largest absolute Gasteiger partial charge is 0.300 e. The van der Waals surface area contributed by atoms with Gasteiger partial charge in [-0.1, -0.05) is 31.7 Å². The third-order valence-corrected chi connectivity index (χ3v) is 2.92. The lowest BCUT2D eigenvalue weighted by Gasteiger charge is -2.09. The zero-order valence-electron chi connectivity index (χ0n) is 10.5. The van der Waals surface area contributed by atoms with Gasteiger partial charge in [-0.3, -0.25) is 0 Å². The predicted octanol–water partition coefficient (Wildman–Crippen LogP) is 3.94. The van der Waals surface area contributed by atoms with Crippen molar-refractivity contribution in [2.45, 2.75) is 40.0 Å². The summed E-state index contributed by atoms with van der Waals surface area (Å²) in [6.07, 6.45) is 2.40. The number of carbonyl (C=O) groups excluding carboxylic acids is 1. The molecule has 0 aliphatic carbocycles. The summed E-state index contributed by atoms with van der Waals surface area (Å²) >= 11 is 0. The second kappa shape index (κ2) is 5.64. The molecule has 0 unspecified atom stereocenters. The Kier molecular flexibility index (Phi) is 4.48. The van der Waals surface area contributed by atoms with Crippen LogP contribution in [0.3, 0.4) is 0 Å². The quantitative estimate of drug-likeness (QED) is 0.728. The zero-order chi connectivity index (χ0) is 12.1. The van der Waals surface area contributed by atoms with Crippen LogP contribution in [0.25, 0.3) is 5.57 Å². The van der Waals surface area contributed by atoms with E-state index in [0.717, 1.165) is 18.4 Å². The van der Waals surface area contributed by atoms with Crippen LogP contribution in [0.2, 0.25) is 0 Å². The summed E-state index contributed by atoms with van der Waals surface area (Å²) in [6, 6.07) is 6.42. The molecule has 0 fully saturated rings. The molecule has 86 valence electrons. The van der Waals surface area contributed by atoms with Crippen molar-refractivity contribution >= 4 is 11.4 Å². The van der Waals surface area contributed by atoms with Gasteiger partial charge in [0.1, 0.15) is 5.78 Å². The van der Waals surface area contributed by atoms with Gasteiger partial charge in [-0.25, -0.2) is 0 Å². The number of allylic oxidation sites excluding steroid dienone is 1. The molecule has 0 heterocycles. The molecule has 16 heavy (non-hydrogen) atoms. The van der Waals surface area contributed by atoms with Crippen LogP contribution in [-0.2, 0) is 11.2 Å². The molecule has 1 aromatic carbocycles. The summed E-state index contributed by atoms with van der Waals surface area (Å²) in [7, 11) is 0. The van der Waals surface area contributed by atoms with Gasteiger partial charge >= 0.3 is 0 Å². The molecule has 0 saturated carbocycles. The third kappa shape index (κ3) is 3.34. The maximum Gasteiger partial charge on any atom is 0.130 e. The fourth-order valence-corrected chi connectivity index (χ4v) is 1.74. The van der Waals surface area contributed by atoms with E-state index in [1.165, 1.54) is 16.7 Å². The number of Topliss-reactive ketones (excluding diaryl/α,β-unsaturated/α-hetero) is 1. The van der Waals surface area contributed by atoms with E-state index in [9.17, 15) is 4.79 Å². The molecular formula is C15H20O. The zero-order valence-corrected chi connectivity index (χ0v) is 10.5. The molecule has 0 N–H and O–H groups in total. The Bertz CT molecular complexity index is 402. The van der Waals surface area contributed by atoms with E-state index >= 15 is 0 Å². The Morgan fingerprint density at radius 2 is 2.00 bits per heavy atom. The Morgan fingerprint density at radius 3 is 2.56 bits per heavy atom. The number of carbonyl (C=O) groups is 1. The van der Waals surface area contributed by atoms with Crippen LogP contribution in [0.4, 0.5) is 0 Å². The van der Waals surface area contributed by atoms with E-state index in [2.05, 4.69) is 38.6 Å². The molecule has 0 radical (unpaired) electrons. The van der Waals surface area contributed by atoms with E-state index in [1.807, 2.05) is 0 Å². The lowest BCUT2D eigenvalue weighted by Crippen LogP contribution is -1.93. The lowest BCUT2D eigenvalue weighted by atomic mass is 9.96. The van der Waals surface area contributed by atoms with Gasteiger partial charge < -0.3 is 4.79 Å². The van der Waals surface area contributed by atoms with Crippen molar-refractivity contribution in [2.75, 3.05) is 0 Å². The summed E-state index contributed by atoms with van der Waals surface area (Å²) in [5.41, 5.74) is 4.92. The van der Waals surface area contributed by atoms with Gasteiger partial charge in [0.05, 0.1) is 0 Å². The van der Waals surface area contributed by atoms with Crippen molar-refractivity contribution in [1.82, 2.24) is 0 Å². The first-order chi connectivity index (χ1) is 7.54. The van der Waals surface area contributed by atoms with Crippen LogP contribution in [0.15, 0.2) is 24.8 Å². The second-order valence-electron chi connectivity index (χ2n) is 4.30. The van der Waals surface area contributed by atoms with Crippen LogP contribution < -0.4 is 0 Å². The summed E-state index contributed by atoms with van der Waals surface area (Å²) < 4.78 is 0. The van der Waals surface area contributed by atoms with Crippen LogP contribution >= 0.6 is 0 Å². The average Bonchev–Trinajstić information content (AvgIpc) is 2.26. The minimum Gasteiger partial charge on any atom is -0.300 e. The summed E-state index contributed by atoms with van der Waals surface area (Å²) in [6.45, 7) is 9.96. The highest BCUT2D eigenvalue weighted by molar-refractivity contribution is 5.78. The molecule has 0 bridgehead atoms. The predicted molar refractivity (Wildman–Crippen MR) is 69.5 cm³/mol. The van der Waals surface area contributed by atoms with Crippen LogP contribution in [0.1, 0.15) is 43.4 Å². The summed E-state index contributed by atoms with van der Waals surface area (Å²) in [5, 5.41) is 0. The van der Waals surface area contributed by atoms with E-state index in [1.54, 1.807) is 6.92 Å². The van der Waals surface area contributed by atoms with Crippen molar-refractivity contribution in [3.05, 3.63) is 41.5 Å². The first-order valence-corrected chi connectivity index (χ1v) is 5.81. The second-order valence-corrected chi connectivity index (χ2v) is 4.30. The molecule has 1 aromatic rings. The number of rotatable bonds is 5. The maximum absolute atomic E-state index is 10.9. The highest BCUT2D eigenvalue weighted by atomic mass is 16.1. The number of benzene rings is 1. The van der Waals surface area contributed by atoms with E-state index < -0.39 is 0 Å². The van der Waals surface area contributed by atoms with Crippen molar-refractivity contribution in [3.63, 3.8) is 0 Å². The van der Waals surface area contributed by atoms with Gasteiger partial charge in [0, 0.05) is 6.42 Å². The Hall–Kier alpha value is -1.37. The van der Waals surface area contributed by atoms with Crippen LogP contribution in [0.5, 0.6) is 0 Å². The smallest absolute Gasteiger partial charge is 0.130 e. The molecule has 0 aliphatic heterocycles. The standard InChI is InChI=1S/C15H20O/c1-5-14-10-15(9-7-11(14)2)12(3)6-8-13(4)16/h7,9-10H,3,5-6,8H2,1-2,4H3. The van der Waals surface area contributed by atoms with Gasteiger partial charge in [-0.15, -0.1) is 0 Å². The molecule has 1 nitrogen and oxygen atoms in total. The molecule has 0 spiro atoms. The van der Waals surface area contributed by atoms with Crippen LogP contribution in [0, 0.1) is 6.92 Å². The van der Waals surface area contributed by atoms with Gasteiger partial charge in [0.15, 0.2) is 0 Å². The third-order valence-electron chi connectivity index (χ3n) is 2.92. The summed E-state index contributed by atoms with van der Waals surface area (Å²) in [5.74, 6) is 0.226. The molecule has 0 aromatic heterocycles. The average molecular weight is 216 g/mol. The van der Waals surface area contributed by atoms with Crippen molar-refractivity contribution in [2.24, 2.45) is 0 Å². The van der Waals surface area contributed by atoms with E-state index in [0.29, 0.717) is 6.42 Å². The number of hydrogen-bond donors (Lipinski definition) is 0. The number of hydrogen-bond acceptors (Lipinski definition) is 1. The maximum atomic E-state index is 10.9. The van der Waals surface area contributed by atoms with Crippen molar-refractivity contribution < 1.29 is 4.79 Å². The molecule has 0 amide bonds. The van der Waals surface area contributed by atoms with E-state index in [-0.39, 0.29) is 5.78 Å². The number of aryl methyl sites for hydroxylation is 2. The Labute approximate surface area is 98.2 Å². The molecule has 0 saturated heterocycles. The highest BCUT2D eigenvalue weighted by Gasteiger charge is 2.03. The Balaban J connectivity index is 2.80. The number of ketones is 1. The minimum atomic E-state index is 0.226. The van der Waals surface area contributed by atoms with Gasteiger partial charge in [0.25, 0.3) is 0 Å². The topological polar surface area (TPSA) is 17.1 Å². The van der Waals surface area contributed by atoms with Gasteiger partial charge in [-0.05, 0) is 49.0 Å². The monoisotopic (exact) mass is 216 g/mol. The van der Waals surface area contributed by atoms with Crippen molar-refractivity contribution in [1.29, 1.82) is 0 Å². The summed E-state index contributed by atoms with van der Waals surface area (Å²) in [4.78, 5) is 10.9. The minimum absolute atomic E-state index is 0.226. The highest BCUT2D eigenvalue weighted by Crippen LogP contribution is 2.21. The molecular weight excluding hydrogens is 196 g/mol. The fourth-order valence-electron chi connectivity index (χ4n) is 1.74. The van der Waals surface area contributed by atoms with Gasteiger partial charge in [0.2, 0.25) is 0 Å². The normalized spacial score (nSPS) is 10.2. The van der Waals surface area contributed by atoms with Gasteiger partial charge in [-0.2, -0.15) is 0 Å². The molecule has 1 rings (SSSR count). The fraction of sp³-hybridized carbons (Fsp3) is 0.400. The molecule has 1 heteroatoms.